The lowest BCUT2D eigenvalue weighted by atomic mass is 9.92. The van der Waals surface area contributed by atoms with Crippen molar-refractivity contribution in [3.63, 3.8) is 0 Å². The average Bonchev–Trinajstić information content (AvgIpc) is 2.86. The van der Waals surface area contributed by atoms with Crippen LogP contribution in [0, 0.1) is 5.92 Å². The number of aromatic nitrogens is 2. The SMILES string of the molecule is CC[C@@H]1OCCC[C@@H]1C(=O)Nc1cnn(CC)c1. The van der Waals surface area contributed by atoms with Crippen molar-refractivity contribution in [2.45, 2.75) is 45.8 Å². The number of anilines is 1. The molecule has 1 N–H and O–H groups in total. The molecule has 1 amide bonds. The van der Waals surface area contributed by atoms with E-state index in [1.165, 1.54) is 0 Å². The van der Waals surface area contributed by atoms with E-state index in [0.717, 1.165) is 38.1 Å². The first-order valence-electron chi connectivity index (χ1n) is 6.69. The van der Waals surface area contributed by atoms with E-state index in [9.17, 15) is 4.79 Å². The van der Waals surface area contributed by atoms with Crippen LogP contribution in [0.2, 0.25) is 0 Å². The third-order valence-electron chi connectivity index (χ3n) is 3.40. The maximum Gasteiger partial charge on any atom is 0.230 e. The van der Waals surface area contributed by atoms with Crippen molar-refractivity contribution in [1.29, 1.82) is 0 Å². The highest BCUT2D eigenvalue weighted by atomic mass is 16.5. The summed E-state index contributed by atoms with van der Waals surface area (Å²) in [7, 11) is 0. The fourth-order valence-electron chi connectivity index (χ4n) is 2.38. The molecule has 0 unspecified atom stereocenters. The van der Waals surface area contributed by atoms with Crippen LogP contribution in [0.15, 0.2) is 12.4 Å². The molecule has 1 aliphatic rings. The van der Waals surface area contributed by atoms with Gasteiger partial charge in [0.25, 0.3) is 0 Å². The number of aryl methyl sites for hydroxylation is 1. The number of hydrogen-bond acceptors (Lipinski definition) is 3. The summed E-state index contributed by atoms with van der Waals surface area (Å²) in [6.07, 6.45) is 6.34. The number of rotatable bonds is 4. The Morgan fingerprint density at radius 2 is 2.44 bits per heavy atom. The van der Waals surface area contributed by atoms with Crippen molar-refractivity contribution >= 4 is 11.6 Å². The Hall–Kier alpha value is -1.36. The van der Waals surface area contributed by atoms with Gasteiger partial charge in [-0.15, -0.1) is 0 Å². The van der Waals surface area contributed by atoms with Gasteiger partial charge in [-0.1, -0.05) is 6.92 Å². The third-order valence-corrected chi connectivity index (χ3v) is 3.40. The molecule has 0 radical (unpaired) electrons. The summed E-state index contributed by atoms with van der Waals surface area (Å²) >= 11 is 0. The molecular formula is C13H21N3O2. The Kier molecular flexibility index (Phi) is 4.36. The van der Waals surface area contributed by atoms with Gasteiger partial charge in [0.05, 0.1) is 23.9 Å². The molecular weight excluding hydrogens is 230 g/mol. The maximum atomic E-state index is 12.2. The van der Waals surface area contributed by atoms with Gasteiger partial charge < -0.3 is 10.1 Å². The highest BCUT2D eigenvalue weighted by Crippen LogP contribution is 2.24. The van der Waals surface area contributed by atoms with Gasteiger partial charge in [-0.25, -0.2) is 0 Å². The second-order valence-corrected chi connectivity index (χ2v) is 4.64. The molecule has 0 saturated carbocycles. The first-order valence-corrected chi connectivity index (χ1v) is 6.69. The van der Waals surface area contributed by atoms with E-state index in [1.807, 2.05) is 13.1 Å². The van der Waals surface area contributed by atoms with Gasteiger partial charge >= 0.3 is 0 Å². The minimum absolute atomic E-state index is 0.0336. The molecule has 2 heterocycles. The molecule has 2 atom stereocenters. The minimum Gasteiger partial charge on any atom is -0.377 e. The fourth-order valence-corrected chi connectivity index (χ4v) is 2.38. The van der Waals surface area contributed by atoms with Crippen molar-refractivity contribution in [2.75, 3.05) is 11.9 Å². The van der Waals surface area contributed by atoms with E-state index in [-0.39, 0.29) is 17.9 Å². The van der Waals surface area contributed by atoms with Crippen LogP contribution in [-0.2, 0) is 16.1 Å². The Balaban J connectivity index is 1.97. The first-order chi connectivity index (χ1) is 8.74. The van der Waals surface area contributed by atoms with Crippen molar-refractivity contribution in [2.24, 2.45) is 5.92 Å². The molecule has 0 spiro atoms. The fraction of sp³-hybridized carbons (Fsp3) is 0.692. The van der Waals surface area contributed by atoms with Gasteiger partial charge in [-0.3, -0.25) is 9.48 Å². The number of ether oxygens (including phenoxy) is 1. The van der Waals surface area contributed by atoms with Crippen molar-refractivity contribution in [1.82, 2.24) is 9.78 Å². The summed E-state index contributed by atoms with van der Waals surface area (Å²) in [5.41, 5.74) is 0.766. The molecule has 1 aromatic rings. The maximum absolute atomic E-state index is 12.2. The van der Waals surface area contributed by atoms with E-state index in [4.69, 9.17) is 4.74 Å². The van der Waals surface area contributed by atoms with Crippen molar-refractivity contribution in [3.05, 3.63) is 12.4 Å². The lowest BCUT2D eigenvalue weighted by Crippen LogP contribution is -2.37. The molecule has 5 nitrogen and oxygen atoms in total. The monoisotopic (exact) mass is 251 g/mol. The number of carbonyl (C=O) groups is 1. The van der Waals surface area contributed by atoms with Crippen LogP contribution in [-0.4, -0.2) is 28.4 Å². The van der Waals surface area contributed by atoms with Crippen LogP contribution < -0.4 is 5.32 Å². The molecule has 5 heteroatoms. The summed E-state index contributed by atoms with van der Waals surface area (Å²) in [5, 5.41) is 7.07. The van der Waals surface area contributed by atoms with Crippen LogP contribution in [0.1, 0.15) is 33.1 Å². The van der Waals surface area contributed by atoms with Crippen LogP contribution in [0.4, 0.5) is 5.69 Å². The molecule has 0 aliphatic carbocycles. The summed E-state index contributed by atoms with van der Waals surface area (Å²) in [6, 6.07) is 0. The molecule has 1 aliphatic heterocycles. The topological polar surface area (TPSA) is 56.1 Å². The summed E-state index contributed by atoms with van der Waals surface area (Å²) < 4.78 is 7.44. The van der Waals surface area contributed by atoms with Gasteiger partial charge in [0.15, 0.2) is 0 Å². The summed E-state index contributed by atoms with van der Waals surface area (Å²) in [4.78, 5) is 12.2. The Labute approximate surface area is 108 Å². The Bertz CT molecular complexity index is 403. The first kappa shape index (κ1) is 13.1. The second-order valence-electron chi connectivity index (χ2n) is 4.64. The largest absolute Gasteiger partial charge is 0.377 e. The quantitative estimate of drug-likeness (QED) is 0.891. The Morgan fingerprint density at radius 1 is 1.61 bits per heavy atom. The highest BCUT2D eigenvalue weighted by Gasteiger charge is 2.30. The van der Waals surface area contributed by atoms with Gasteiger partial charge in [0.1, 0.15) is 0 Å². The number of nitrogens with zero attached hydrogens (tertiary/aromatic N) is 2. The van der Waals surface area contributed by atoms with Crippen LogP contribution in [0.5, 0.6) is 0 Å². The zero-order valence-corrected chi connectivity index (χ0v) is 11.1. The van der Waals surface area contributed by atoms with E-state index in [0.29, 0.717) is 0 Å². The highest BCUT2D eigenvalue weighted by molar-refractivity contribution is 5.92. The minimum atomic E-state index is -0.0336. The molecule has 1 fully saturated rings. The Morgan fingerprint density at radius 3 is 3.11 bits per heavy atom. The van der Waals surface area contributed by atoms with E-state index in [1.54, 1.807) is 10.9 Å². The van der Waals surface area contributed by atoms with Gasteiger partial charge in [-0.2, -0.15) is 5.10 Å². The summed E-state index contributed by atoms with van der Waals surface area (Å²) in [6.45, 7) is 5.65. The van der Waals surface area contributed by atoms with E-state index >= 15 is 0 Å². The molecule has 100 valence electrons. The molecule has 1 aromatic heterocycles. The number of amides is 1. The zero-order chi connectivity index (χ0) is 13.0. The molecule has 2 rings (SSSR count). The van der Waals surface area contributed by atoms with Gasteiger partial charge in [0, 0.05) is 19.3 Å². The zero-order valence-electron chi connectivity index (χ0n) is 11.1. The smallest absolute Gasteiger partial charge is 0.230 e. The van der Waals surface area contributed by atoms with E-state index < -0.39 is 0 Å². The molecule has 0 aromatic carbocycles. The lowest BCUT2D eigenvalue weighted by Gasteiger charge is -2.29. The number of carbonyl (C=O) groups excluding carboxylic acids is 1. The molecule has 0 bridgehead atoms. The van der Waals surface area contributed by atoms with Crippen LogP contribution in [0.25, 0.3) is 0 Å². The predicted molar refractivity (Wildman–Crippen MR) is 69.3 cm³/mol. The van der Waals surface area contributed by atoms with Gasteiger partial charge in [0.2, 0.25) is 5.91 Å². The predicted octanol–water partition coefficient (Wildman–Crippen LogP) is 2.05. The standard InChI is InChI=1S/C13H21N3O2/c1-3-12-11(6-5-7-18-12)13(17)15-10-8-14-16(4-2)9-10/h8-9,11-12H,3-7H2,1-2H3,(H,15,17)/t11-,12-/m0/s1. The third kappa shape index (κ3) is 2.90. The summed E-state index contributed by atoms with van der Waals surface area (Å²) in [5.74, 6) is 0.0194. The van der Waals surface area contributed by atoms with Gasteiger partial charge in [-0.05, 0) is 26.2 Å². The van der Waals surface area contributed by atoms with Crippen molar-refractivity contribution in [3.8, 4) is 0 Å². The lowest BCUT2D eigenvalue weighted by molar-refractivity contribution is -0.129. The van der Waals surface area contributed by atoms with Crippen LogP contribution >= 0.6 is 0 Å². The second kappa shape index (κ2) is 6.00. The number of nitrogens with one attached hydrogen (secondary N) is 1. The van der Waals surface area contributed by atoms with Crippen molar-refractivity contribution < 1.29 is 9.53 Å². The van der Waals surface area contributed by atoms with E-state index in [2.05, 4.69) is 17.3 Å². The number of hydrogen-bond donors (Lipinski definition) is 1. The molecule has 18 heavy (non-hydrogen) atoms. The molecule has 1 saturated heterocycles. The van der Waals surface area contributed by atoms with Crippen LogP contribution in [0.3, 0.4) is 0 Å². The average molecular weight is 251 g/mol. The normalized spacial score (nSPS) is 23.9.